The summed E-state index contributed by atoms with van der Waals surface area (Å²) >= 11 is 0. The monoisotopic (exact) mass is 339 g/mol. The smallest absolute Gasteiger partial charge is 0.257 e. The lowest BCUT2D eigenvalue weighted by molar-refractivity contribution is 0.0735. The molecule has 1 amide bonds. The zero-order valence-corrected chi connectivity index (χ0v) is 13.8. The topological polar surface area (TPSA) is 56.0 Å². The van der Waals surface area contributed by atoms with E-state index in [1.165, 1.54) is 16.9 Å². The van der Waals surface area contributed by atoms with Crippen LogP contribution in [0.2, 0.25) is 0 Å². The predicted octanol–water partition coefficient (Wildman–Crippen LogP) is 2.72. The Hall–Kier alpha value is -2.96. The Bertz CT molecular complexity index is 916. The fourth-order valence-electron chi connectivity index (χ4n) is 3.34. The Morgan fingerprint density at radius 1 is 1.20 bits per heavy atom. The molecule has 3 heterocycles. The van der Waals surface area contributed by atoms with Gasteiger partial charge in [0.2, 0.25) is 0 Å². The predicted molar refractivity (Wildman–Crippen MR) is 89.7 cm³/mol. The molecule has 2 aromatic heterocycles. The summed E-state index contributed by atoms with van der Waals surface area (Å²) in [6, 6.07) is 6.39. The fraction of sp³-hybridized carbons (Fsp3) is 0.278. The molecular weight excluding hydrogens is 321 g/mol. The van der Waals surface area contributed by atoms with Crippen molar-refractivity contribution in [2.24, 2.45) is 7.05 Å². The number of hydrogen-bond donors (Lipinski definition) is 0. The van der Waals surface area contributed by atoms with Gasteiger partial charge in [-0.2, -0.15) is 10.2 Å². The molecule has 0 aliphatic carbocycles. The number of aryl methyl sites for hydroxylation is 1. The Morgan fingerprint density at radius 2 is 2.04 bits per heavy atom. The molecule has 0 spiro atoms. The van der Waals surface area contributed by atoms with Crippen LogP contribution in [-0.4, -0.2) is 36.9 Å². The van der Waals surface area contributed by atoms with Crippen LogP contribution in [0.3, 0.4) is 0 Å². The van der Waals surface area contributed by atoms with Crippen molar-refractivity contribution in [1.82, 2.24) is 24.5 Å². The summed E-state index contributed by atoms with van der Waals surface area (Å²) in [6.07, 6.45) is 8.69. The number of rotatable bonds is 3. The third-order valence-electron chi connectivity index (χ3n) is 4.55. The molecule has 3 aromatic rings. The minimum atomic E-state index is -0.376. The van der Waals surface area contributed by atoms with Gasteiger partial charge in [0.15, 0.2) is 0 Å². The van der Waals surface area contributed by atoms with E-state index in [4.69, 9.17) is 0 Å². The summed E-state index contributed by atoms with van der Waals surface area (Å²) in [6.45, 7) is 0.698. The number of hydrogen-bond acceptors (Lipinski definition) is 3. The van der Waals surface area contributed by atoms with Gasteiger partial charge in [-0.15, -0.1) is 0 Å². The van der Waals surface area contributed by atoms with E-state index in [2.05, 4.69) is 10.2 Å². The van der Waals surface area contributed by atoms with Gasteiger partial charge in [0, 0.05) is 31.5 Å². The second-order valence-corrected chi connectivity index (χ2v) is 6.23. The Balaban J connectivity index is 1.60. The molecule has 128 valence electrons. The zero-order valence-electron chi connectivity index (χ0n) is 13.8. The molecule has 6 nitrogen and oxygen atoms in total. The van der Waals surface area contributed by atoms with E-state index in [1.807, 2.05) is 18.1 Å². The van der Waals surface area contributed by atoms with Crippen molar-refractivity contribution in [2.75, 3.05) is 6.54 Å². The lowest BCUT2D eigenvalue weighted by atomic mass is 10.1. The highest BCUT2D eigenvalue weighted by molar-refractivity contribution is 5.94. The van der Waals surface area contributed by atoms with Crippen molar-refractivity contribution in [2.45, 2.75) is 18.9 Å². The maximum atomic E-state index is 13.9. The van der Waals surface area contributed by atoms with Crippen LogP contribution in [0.15, 0.2) is 49.1 Å². The van der Waals surface area contributed by atoms with Gasteiger partial charge in [-0.1, -0.05) is 12.1 Å². The largest absolute Gasteiger partial charge is 0.331 e. The number of aromatic nitrogens is 4. The van der Waals surface area contributed by atoms with Crippen LogP contribution in [-0.2, 0) is 7.05 Å². The highest BCUT2D eigenvalue weighted by Crippen LogP contribution is 2.32. The van der Waals surface area contributed by atoms with Crippen molar-refractivity contribution in [3.8, 4) is 5.69 Å². The molecule has 25 heavy (non-hydrogen) atoms. The maximum absolute atomic E-state index is 13.9. The highest BCUT2D eigenvalue weighted by Gasteiger charge is 2.32. The summed E-state index contributed by atoms with van der Waals surface area (Å²) in [5.41, 5.74) is 1.82. The summed E-state index contributed by atoms with van der Waals surface area (Å²) < 4.78 is 17.0. The normalized spacial score (nSPS) is 17.2. The van der Waals surface area contributed by atoms with Crippen molar-refractivity contribution in [3.05, 3.63) is 66.0 Å². The summed E-state index contributed by atoms with van der Waals surface area (Å²) in [5, 5.41) is 8.36. The molecular formula is C18H18FN5O. The SMILES string of the molecule is Cn1cc([C@H]2CCCN2C(=O)c2cnn(-c3ccccc3F)c2)cn1. The number of likely N-dealkylation sites (tertiary alicyclic amines) is 1. The Morgan fingerprint density at radius 3 is 2.80 bits per heavy atom. The molecule has 0 radical (unpaired) electrons. The van der Waals surface area contributed by atoms with Gasteiger partial charge in [-0.25, -0.2) is 9.07 Å². The molecule has 7 heteroatoms. The average Bonchev–Trinajstić information content (AvgIpc) is 3.34. The second-order valence-electron chi connectivity index (χ2n) is 6.23. The van der Waals surface area contributed by atoms with Crippen LogP contribution in [0.1, 0.15) is 34.8 Å². The lowest BCUT2D eigenvalue weighted by Crippen LogP contribution is -2.30. The standard InChI is InChI=1S/C18H18FN5O/c1-22-11-13(9-20-22)16-7-4-8-23(16)18(25)14-10-21-24(12-14)17-6-3-2-5-15(17)19/h2-3,5-6,9-12,16H,4,7-8H2,1H3/t16-/m1/s1. The number of benzene rings is 1. The fourth-order valence-corrected chi connectivity index (χ4v) is 3.34. The van der Waals surface area contributed by atoms with Crippen LogP contribution >= 0.6 is 0 Å². The van der Waals surface area contributed by atoms with Crippen LogP contribution in [0.5, 0.6) is 0 Å². The Kier molecular flexibility index (Phi) is 3.83. The first kappa shape index (κ1) is 15.6. The number of halogens is 1. The molecule has 0 N–H and O–H groups in total. The van der Waals surface area contributed by atoms with Gasteiger partial charge in [-0.3, -0.25) is 9.48 Å². The molecule has 1 aliphatic rings. The average molecular weight is 339 g/mol. The Labute approximate surface area is 144 Å². The number of nitrogens with zero attached hydrogens (tertiary/aromatic N) is 5. The van der Waals surface area contributed by atoms with E-state index in [-0.39, 0.29) is 17.8 Å². The highest BCUT2D eigenvalue weighted by atomic mass is 19.1. The first-order chi connectivity index (χ1) is 12.1. The van der Waals surface area contributed by atoms with E-state index in [9.17, 15) is 9.18 Å². The number of amides is 1. The van der Waals surface area contributed by atoms with Crippen LogP contribution in [0.25, 0.3) is 5.69 Å². The maximum Gasteiger partial charge on any atom is 0.257 e. The van der Waals surface area contributed by atoms with Crippen LogP contribution in [0.4, 0.5) is 4.39 Å². The summed E-state index contributed by atoms with van der Waals surface area (Å²) in [4.78, 5) is 14.8. The third kappa shape index (κ3) is 2.82. The minimum absolute atomic E-state index is 0.0259. The number of para-hydroxylation sites is 1. The van der Waals surface area contributed by atoms with Crippen molar-refractivity contribution >= 4 is 5.91 Å². The molecule has 4 rings (SSSR count). The van der Waals surface area contributed by atoms with Crippen molar-refractivity contribution in [1.29, 1.82) is 0 Å². The molecule has 1 aromatic carbocycles. The van der Waals surface area contributed by atoms with E-state index in [0.29, 0.717) is 17.8 Å². The van der Waals surface area contributed by atoms with E-state index >= 15 is 0 Å². The van der Waals surface area contributed by atoms with Gasteiger partial charge in [0.05, 0.1) is 24.0 Å². The molecule has 1 aliphatic heterocycles. The summed E-state index contributed by atoms with van der Waals surface area (Å²) in [5.74, 6) is -0.465. The lowest BCUT2D eigenvalue weighted by Gasteiger charge is -2.23. The van der Waals surface area contributed by atoms with Gasteiger partial charge < -0.3 is 4.90 Å². The van der Waals surface area contributed by atoms with E-state index in [1.54, 1.807) is 35.3 Å². The quantitative estimate of drug-likeness (QED) is 0.737. The van der Waals surface area contributed by atoms with Crippen LogP contribution < -0.4 is 0 Å². The molecule has 0 bridgehead atoms. The van der Waals surface area contributed by atoms with Gasteiger partial charge in [0.25, 0.3) is 5.91 Å². The molecule has 1 atom stereocenters. The van der Waals surface area contributed by atoms with Crippen molar-refractivity contribution < 1.29 is 9.18 Å². The van der Waals surface area contributed by atoms with Gasteiger partial charge in [0.1, 0.15) is 11.5 Å². The van der Waals surface area contributed by atoms with Crippen molar-refractivity contribution in [3.63, 3.8) is 0 Å². The van der Waals surface area contributed by atoms with E-state index < -0.39 is 0 Å². The van der Waals surface area contributed by atoms with E-state index in [0.717, 1.165) is 18.4 Å². The van der Waals surface area contributed by atoms with Crippen LogP contribution in [0, 0.1) is 5.82 Å². The van der Waals surface area contributed by atoms with Gasteiger partial charge >= 0.3 is 0 Å². The first-order valence-electron chi connectivity index (χ1n) is 8.22. The van der Waals surface area contributed by atoms with Gasteiger partial charge in [-0.05, 0) is 25.0 Å². The molecule has 1 fully saturated rings. The third-order valence-corrected chi connectivity index (χ3v) is 4.55. The number of carbonyl (C=O) groups is 1. The summed E-state index contributed by atoms with van der Waals surface area (Å²) in [7, 11) is 1.86. The first-order valence-corrected chi connectivity index (χ1v) is 8.22. The molecule has 0 unspecified atom stereocenters. The second kappa shape index (κ2) is 6.16. The molecule has 0 saturated carbocycles. The minimum Gasteiger partial charge on any atom is -0.331 e. The number of carbonyl (C=O) groups excluding carboxylic acids is 1. The zero-order chi connectivity index (χ0) is 17.4. The molecule has 1 saturated heterocycles.